The second-order valence-corrected chi connectivity index (χ2v) is 4.98. The van der Waals surface area contributed by atoms with E-state index in [0.717, 1.165) is 12.8 Å². The lowest BCUT2D eigenvalue weighted by Gasteiger charge is -2.09. The van der Waals surface area contributed by atoms with Crippen LogP contribution in [-0.4, -0.2) is 31.9 Å². The van der Waals surface area contributed by atoms with Crippen molar-refractivity contribution in [2.45, 2.75) is 18.9 Å². The van der Waals surface area contributed by atoms with Crippen molar-refractivity contribution in [3.05, 3.63) is 0 Å². The predicted octanol–water partition coefficient (Wildman–Crippen LogP) is -0.800. The van der Waals surface area contributed by atoms with Crippen LogP contribution in [0.5, 0.6) is 0 Å². The molecule has 5 nitrogen and oxygen atoms in total. The van der Waals surface area contributed by atoms with Gasteiger partial charge in [0.2, 0.25) is 10.0 Å². The molecule has 1 unspecified atom stereocenters. The van der Waals surface area contributed by atoms with E-state index in [0.29, 0.717) is 0 Å². The largest absolute Gasteiger partial charge is 0.391 e. The van der Waals surface area contributed by atoms with Crippen molar-refractivity contribution in [1.29, 1.82) is 5.26 Å². The number of hydrogen-bond donors (Lipinski definition) is 2. The topological polar surface area (TPSA) is 90.2 Å². The second-order valence-electron chi connectivity index (χ2n) is 3.17. The van der Waals surface area contributed by atoms with Gasteiger partial charge in [-0.25, -0.2) is 13.1 Å². The Labute approximate surface area is 77.4 Å². The maximum Gasteiger partial charge on any atom is 0.225 e. The van der Waals surface area contributed by atoms with Gasteiger partial charge in [0.25, 0.3) is 0 Å². The minimum absolute atomic E-state index is 0.0225. The molecule has 0 aliphatic heterocycles. The second kappa shape index (κ2) is 4.05. The summed E-state index contributed by atoms with van der Waals surface area (Å²) in [5.74, 6) is -0.311. The maximum atomic E-state index is 10.9. The van der Waals surface area contributed by atoms with Crippen molar-refractivity contribution in [2.75, 3.05) is 12.3 Å². The van der Waals surface area contributed by atoms with Crippen LogP contribution in [0.25, 0.3) is 0 Å². The van der Waals surface area contributed by atoms with Crippen molar-refractivity contribution < 1.29 is 13.5 Å². The zero-order valence-corrected chi connectivity index (χ0v) is 7.92. The van der Waals surface area contributed by atoms with Crippen molar-refractivity contribution in [3.63, 3.8) is 0 Å². The van der Waals surface area contributed by atoms with Gasteiger partial charge in [-0.05, 0) is 18.8 Å². The highest BCUT2D eigenvalue weighted by Crippen LogP contribution is 2.32. The maximum absolute atomic E-state index is 10.9. The van der Waals surface area contributed by atoms with E-state index in [9.17, 15) is 13.5 Å². The fraction of sp³-hybridized carbons (Fsp3) is 0.857. The number of hydrogen-bond acceptors (Lipinski definition) is 4. The van der Waals surface area contributed by atoms with Crippen LogP contribution in [0.1, 0.15) is 12.8 Å². The average molecular weight is 204 g/mol. The fourth-order valence-electron chi connectivity index (χ4n) is 0.996. The number of nitriles is 1. The lowest BCUT2D eigenvalue weighted by atomic mass is 10.2. The van der Waals surface area contributed by atoms with Crippen molar-refractivity contribution in [1.82, 2.24) is 4.72 Å². The average Bonchev–Trinajstić information content (AvgIpc) is 2.82. The summed E-state index contributed by atoms with van der Waals surface area (Å²) in [7, 11) is -3.50. The molecule has 1 rings (SSSR count). The third-order valence-electron chi connectivity index (χ3n) is 1.93. The number of aliphatic hydroxyl groups excluding tert-OH is 1. The number of rotatable bonds is 5. The van der Waals surface area contributed by atoms with Crippen LogP contribution in [0.15, 0.2) is 0 Å². The van der Waals surface area contributed by atoms with Crippen molar-refractivity contribution >= 4 is 10.0 Å². The molecule has 0 aromatic rings. The summed E-state index contributed by atoms with van der Waals surface area (Å²) in [4.78, 5) is 0. The minimum atomic E-state index is -3.50. The van der Waals surface area contributed by atoms with E-state index in [1.54, 1.807) is 6.07 Å². The molecule has 2 N–H and O–H groups in total. The molecule has 1 atom stereocenters. The fourth-order valence-corrected chi connectivity index (χ4v) is 1.69. The quantitative estimate of drug-likeness (QED) is 0.613. The van der Waals surface area contributed by atoms with Gasteiger partial charge in [0.15, 0.2) is 5.75 Å². The summed E-state index contributed by atoms with van der Waals surface area (Å²) in [5, 5.41) is 17.5. The zero-order valence-electron chi connectivity index (χ0n) is 7.10. The SMILES string of the molecule is N#CCS(=O)(=O)NCC(O)C1CC1. The molecular weight excluding hydrogens is 192 g/mol. The molecule has 0 aromatic heterocycles. The van der Waals surface area contributed by atoms with E-state index in [2.05, 4.69) is 4.72 Å². The Morgan fingerprint density at radius 1 is 1.62 bits per heavy atom. The van der Waals surface area contributed by atoms with Crippen molar-refractivity contribution in [2.24, 2.45) is 5.92 Å². The van der Waals surface area contributed by atoms with Gasteiger partial charge >= 0.3 is 0 Å². The van der Waals surface area contributed by atoms with Crippen LogP contribution < -0.4 is 4.72 Å². The first-order chi connectivity index (χ1) is 6.05. The van der Waals surface area contributed by atoms with Crippen LogP contribution in [0.4, 0.5) is 0 Å². The van der Waals surface area contributed by atoms with Crippen molar-refractivity contribution in [3.8, 4) is 6.07 Å². The molecule has 1 fully saturated rings. The number of sulfonamides is 1. The van der Waals surface area contributed by atoms with Gasteiger partial charge in [-0.3, -0.25) is 0 Å². The Hall–Kier alpha value is -0.640. The van der Waals surface area contributed by atoms with Gasteiger partial charge in [0, 0.05) is 6.54 Å². The third-order valence-corrected chi connectivity index (χ3v) is 3.05. The standard InChI is InChI=1S/C7H12N2O3S/c8-3-4-13(11,12)9-5-7(10)6-1-2-6/h6-7,9-10H,1-2,4-5H2. The van der Waals surface area contributed by atoms with Gasteiger partial charge < -0.3 is 5.11 Å². The van der Waals surface area contributed by atoms with E-state index in [-0.39, 0.29) is 12.5 Å². The van der Waals surface area contributed by atoms with Gasteiger partial charge in [-0.1, -0.05) is 0 Å². The predicted molar refractivity (Wildman–Crippen MR) is 46.1 cm³/mol. The van der Waals surface area contributed by atoms with E-state index in [1.165, 1.54) is 0 Å². The number of nitrogens with one attached hydrogen (secondary N) is 1. The molecule has 1 aliphatic rings. The Bertz CT molecular complexity index is 302. The lowest BCUT2D eigenvalue weighted by Crippen LogP contribution is -2.34. The van der Waals surface area contributed by atoms with Gasteiger partial charge in [0.1, 0.15) is 0 Å². The first-order valence-corrected chi connectivity index (χ1v) is 5.73. The van der Waals surface area contributed by atoms with Crippen LogP contribution in [0.3, 0.4) is 0 Å². The zero-order chi connectivity index (χ0) is 9.90. The lowest BCUT2D eigenvalue weighted by molar-refractivity contribution is 0.155. The van der Waals surface area contributed by atoms with E-state index >= 15 is 0 Å². The van der Waals surface area contributed by atoms with Crippen LogP contribution >= 0.6 is 0 Å². The molecule has 1 aliphatic carbocycles. The highest BCUT2D eigenvalue weighted by atomic mass is 32.2. The Morgan fingerprint density at radius 3 is 2.69 bits per heavy atom. The molecule has 6 heteroatoms. The summed E-state index contributed by atoms with van der Waals surface area (Å²) < 4.78 is 24.0. The molecule has 0 radical (unpaired) electrons. The molecule has 74 valence electrons. The number of aliphatic hydroxyl groups is 1. The smallest absolute Gasteiger partial charge is 0.225 e. The highest BCUT2D eigenvalue weighted by Gasteiger charge is 2.30. The van der Waals surface area contributed by atoms with E-state index in [4.69, 9.17) is 5.26 Å². The van der Waals surface area contributed by atoms with Crippen LogP contribution in [0.2, 0.25) is 0 Å². The first-order valence-electron chi connectivity index (χ1n) is 4.07. The molecule has 0 saturated heterocycles. The molecule has 0 spiro atoms. The Kier molecular flexibility index (Phi) is 3.25. The normalized spacial score (nSPS) is 19.4. The summed E-state index contributed by atoms with van der Waals surface area (Å²) in [6, 6.07) is 1.54. The number of nitrogens with zero attached hydrogens (tertiary/aromatic N) is 1. The molecule has 1 saturated carbocycles. The third kappa shape index (κ3) is 3.72. The van der Waals surface area contributed by atoms with Gasteiger partial charge in [-0.2, -0.15) is 5.26 Å². The molecule has 0 bridgehead atoms. The van der Waals surface area contributed by atoms with Gasteiger partial charge in [-0.15, -0.1) is 0 Å². The molecule has 0 amide bonds. The molecule has 13 heavy (non-hydrogen) atoms. The summed E-state index contributed by atoms with van der Waals surface area (Å²) in [5.41, 5.74) is 0. The Balaban J connectivity index is 2.28. The minimum Gasteiger partial charge on any atom is -0.391 e. The monoisotopic (exact) mass is 204 g/mol. The summed E-state index contributed by atoms with van der Waals surface area (Å²) in [6.07, 6.45) is 1.32. The first kappa shape index (κ1) is 10.4. The summed E-state index contributed by atoms with van der Waals surface area (Å²) in [6.45, 7) is 0.0225. The van der Waals surface area contributed by atoms with E-state index < -0.39 is 21.9 Å². The van der Waals surface area contributed by atoms with Crippen LogP contribution in [0, 0.1) is 17.2 Å². The molecular formula is C7H12N2O3S. The van der Waals surface area contributed by atoms with E-state index in [1.807, 2.05) is 0 Å². The molecule has 0 heterocycles. The highest BCUT2D eigenvalue weighted by molar-refractivity contribution is 7.89. The summed E-state index contributed by atoms with van der Waals surface area (Å²) >= 11 is 0. The van der Waals surface area contributed by atoms with Crippen LogP contribution in [-0.2, 0) is 10.0 Å². The molecule has 0 aromatic carbocycles. The van der Waals surface area contributed by atoms with Gasteiger partial charge in [0.05, 0.1) is 12.2 Å². The Morgan fingerprint density at radius 2 is 2.23 bits per heavy atom.